The Hall–Kier alpha value is -1.93. The van der Waals surface area contributed by atoms with Gasteiger partial charge in [-0.1, -0.05) is 181 Å². The van der Waals surface area contributed by atoms with Crippen LogP contribution >= 0.6 is 0 Å². The van der Waals surface area contributed by atoms with Crippen molar-refractivity contribution in [1.29, 1.82) is 0 Å². The Morgan fingerprint density at radius 2 is 0.793 bits per heavy atom. The number of hydrogen-bond donors (Lipinski definition) is 2. The van der Waals surface area contributed by atoms with E-state index in [1.165, 1.54) is 154 Å². The number of aliphatic hydroxyl groups is 1. The first-order chi connectivity index (χ1) is 28.5. The molecule has 0 fully saturated rings. The first kappa shape index (κ1) is 56.1. The molecule has 0 unspecified atom stereocenters. The van der Waals surface area contributed by atoms with Crippen LogP contribution in [0.3, 0.4) is 0 Å². The Labute approximate surface area is 357 Å². The van der Waals surface area contributed by atoms with E-state index in [0.717, 1.165) is 51.6 Å². The SMILES string of the molecule is CCCCCCCCCCCCCCCCCCCCCOC(=O)CCN(CCCN(CCCCO)CCC(=C=O)OCCCCCCCCCCC)CCC(=O)O. The minimum absolute atomic E-state index is 0.0262. The number of carbonyl (C=O) groups is 2. The minimum atomic E-state index is -0.849. The number of carbonyl (C=O) groups excluding carboxylic acids is 2. The van der Waals surface area contributed by atoms with Gasteiger partial charge in [0, 0.05) is 32.7 Å². The summed E-state index contributed by atoms with van der Waals surface area (Å²) in [4.78, 5) is 39.8. The summed E-state index contributed by atoms with van der Waals surface area (Å²) in [5.41, 5.74) is 0. The zero-order chi connectivity index (χ0) is 42.4. The number of rotatable bonds is 48. The van der Waals surface area contributed by atoms with Gasteiger partial charge >= 0.3 is 11.9 Å². The van der Waals surface area contributed by atoms with Crippen molar-refractivity contribution < 1.29 is 34.1 Å². The van der Waals surface area contributed by atoms with Gasteiger partial charge in [-0.2, -0.15) is 0 Å². The molecule has 0 saturated heterocycles. The lowest BCUT2D eigenvalue weighted by molar-refractivity contribution is -0.144. The van der Waals surface area contributed by atoms with Crippen LogP contribution in [-0.4, -0.2) is 97.0 Å². The molecule has 0 rings (SSSR count). The van der Waals surface area contributed by atoms with E-state index >= 15 is 0 Å². The normalized spacial score (nSPS) is 11.4. The summed E-state index contributed by atoms with van der Waals surface area (Å²) in [5, 5.41) is 18.6. The molecular weight excluding hydrogens is 729 g/mol. The Balaban J connectivity index is 4.19. The standard InChI is InChI=1S/C49H94N2O7/c1-3-5-7-9-11-13-14-15-16-17-18-19-20-21-22-24-26-28-32-45-58-49(56)36-42-51(41-35-48(54)55)39-33-38-50(37-29-30-43-52)40-34-47(46-53)57-44-31-27-25-23-12-10-8-6-4-2/h52H,3-45H2,1-2H3,(H,54,55). The van der Waals surface area contributed by atoms with Crippen LogP contribution in [0, 0.1) is 0 Å². The lowest BCUT2D eigenvalue weighted by atomic mass is 10.0. The summed E-state index contributed by atoms with van der Waals surface area (Å²) >= 11 is 0. The number of esters is 1. The molecule has 0 heterocycles. The van der Waals surface area contributed by atoms with Gasteiger partial charge in [-0.15, -0.1) is 0 Å². The van der Waals surface area contributed by atoms with E-state index in [1.54, 1.807) is 0 Å². The van der Waals surface area contributed by atoms with Crippen molar-refractivity contribution in [2.45, 2.75) is 232 Å². The number of unbranched alkanes of at least 4 members (excludes halogenated alkanes) is 27. The zero-order valence-corrected chi connectivity index (χ0v) is 38.2. The van der Waals surface area contributed by atoms with Crippen LogP contribution in [0.15, 0.2) is 5.76 Å². The van der Waals surface area contributed by atoms with E-state index in [4.69, 9.17) is 9.47 Å². The number of nitrogens with zero attached hydrogens (tertiary/aromatic N) is 2. The highest BCUT2D eigenvalue weighted by atomic mass is 16.5. The van der Waals surface area contributed by atoms with E-state index in [-0.39, 0.29) is 25.4 Å². The summed E-state index contributed by atoms with van der Waals surface area (Å²) < 4.78 is 11.3. The lowest BCUT2D eigenvalue weighted by Gasteiger charge is -2.25. The van der Waals surface area contributed by atoms with E-state index in [1.807, 2.05) is 10.8 Å². The number of ether oxygens (including phenoxy) is 2. The molecule has 0 atom stereocenters. The maximum Gasteiger partial charge on any atom is 0.307 e. The minimum Gasteiger partial charge on any atom is -0.487 e. The molecule has 9 heteroatoms. The van der Waals surface area contributed by atoms with Crippen molar-refractivity contribution in [2.24, 2.45) is 0 Å². The number of carboxylic acid groups (broad SMARTS) is 1. The fourth-order valence-electron chi connectivity index (χ4n) is 7.60. The van der Waals surface area contributed by atoms with Crippen molar-refractivity contribution >= 4 is 17.9 Å². The number of carboxylic acids is 1. The molecule has 0 aromatic rings. The second-order valence-electron chi connectivity index (χ2n) is 16.9. The number of aliphatic hydroxyl groups excluding tert-OH is 1. The Morgan fingerprint density at radius 3 is 1.21 bits per heavy atom. The highest BCUT2D eigenvalue weighted by molar-refractivity contribution is 5.69. The summed E-state index contributed by atoms with van der Waals surface area (Å²) in [6, 6.07) is 0. The van der Waals surface area contributed by atoms with Gasteiger partial charge in [0.15, 0.2) is 11.7 Å². The Bertz CT molecular complexity index is 942. The fourth-order valence-corrected chi connectivity index (χ4v) is 7.60. The molecule has 0 aromatic carbocycles. The van der Waals surface area contributed by atoms with Gasteiger partial charge in [0.1, 0.15) is 0 Å². The number of hydrogen-bond acceptors (Lipinski definition) is 8. The summed E-state index contributed by atoms with van der Waals surface area (Å²) in [6.45, 7) is 9.42. The molecule has 58 heavy (non-hydrogen) atoms. The third kappa shape index (κ3) is 42.2. The predicted octanol–water partition coefficient (Wildman–Crippen LogP) is 12.2. The molecule has 2 N–H and O–H groups in total. The van der Waals surface area contributed by atoms with Crippen molar-refractivity contribution in [1.82, 2.24) is 9.80 Å². The zero-order valence-electron chi connectivity index (χ0n) is 38.2. The quantitative estimate of drug-likeness (QED) is 0.0268. The average Bonchev–Trinajstić information content (AvgIpc) is 3.22. The van der Waals surface area contributed by atoms with Crippen LogP contribution < -0.4 is 0 Å². The van der Waals surface area contributed by atoms with Crippen molar-refractivity contribution in [3.8, 4) is 0 Å². The molecule has 0 aliphatic heterocycles. The molecule has 0 spiro atoms. The maximum atomic E-state index is 12.5. The molecule has 0 aromatic heterocycles. The second kappa shape index (κ2) is 46.1. The van der Waals surface area contributed by atoms with Gasteiger partial charge in [0.25, 0.3) is 0 Å². The average molecular weight is 823 g/mol. The summed E-state index contributed by atoms with van der Waals surface area (Å²) in [6.07, 6.45) is 39.5. The molecule has 342 valence electrons. The smallest absolute Gasteiger partial charge is 0.307 e. The van der Waals surface area contributed by atoms with Gasteiger partial charge in [-0.05, 0) is 51.7 Å². The molecule has 0 aliphatic rings. The van der Waals surface area contributed by atoms with Crippen LogP contribution in [0.25, 0.3) is 0 Å². The Kier molecular flexibility index (Phi) is 44.6. The first-order valence-electron chi connectivity index (χ1n) is 24.8. The Morgan fingerprint density at radius 1 is 0.431 bits per heavy atom. The summed E-state index contributed by atoms with van der Waals surface area (Å²) in [5.74, 6) is 1.30. The maximum absolute atomic E-state index is 12.5. The van der Waals surface area contributed by atoms with Crippen molar-refractivity contribution in [3.05, 3.63) is 5.76 Å². The van der Waals surface area contributed by atoms with Gasteiger partial charge < -0.3 is 29.5 Å². The van der Waals surface area contributed by atoms with Crippen LogP contribution in [0.1, 0.15) is 232 Å². The van der Waals surface area contributed by atoms with Crippen LogP contribution in [-0.2, 0) is 23.9 Å². The summed E-state index contributed by atoms with van der Waals surface area (Å²) in [7, 11) is 0. The van der Waals surface area contributed by atoms with E-state index < -0.39 is 5.97 Å². The fraction of sp³-hybridized carbons (Fsp3) is 0.918. The molecule has 0 bridgehead atoms. The van der Waals surface area contributed by atoms with E-state index in [9.17, 15) is 24.6 Å². The molecule has 0 amide bonds. The van der Waals surface area contributed by atoms with E-state index in [0.29, 0.717) is 58.0 Å². The monoisotopic (exact) mass is 823 g/mol. The van der Waals surface area contributed by atoms with Crippen LogP contribution in [0.5, 0.6) is 0 Å². The second-order valence-corrected chi connectivity index (χ2v) is 16.9. The molecule has 0 saturated carbocycles. The van der Waals surface area contributed by atoms with Crippen molar-refractivity contribution in [3.63, 3.8) is 0 Å². The molecule has 0 radical (unpaired) electrons. The van der Waals surface area contributed by atoms with Gasteiger partial charge in [-0.25, -0.2) is 4.79 Å². The highest BCUT2D eigenvalue weighted by Crippen LogP contribution is 2.15. The third-order valence-corrected chi connectivity index (χ3v) is 11.4. The van der Waals surface area contributed by atoms with Gasteiger partial charge in [0.2, 0.25) is 0 Å². The van der Waals surface area contributed by atoms with Gasteiger partial charge in [0.05, 0.1) is 26.1 Å². The van der Waals surface area contributed by atoms with E-state index in [2.05, 4.69) is 18.7 Å². The largest absolute Gasteiger partial charge is 0.487 e. The first-order valence-corrected chi connectivity index (χ1v) is 24.8. The topological polar surface area (TPSA) is 117 Å². The van der Waals surface area contributed by atoms with Crippen LogP contribution in [0.2, 0.25) is 0 Å². The van der Waals surface area contributed by atoms with Crippen LogP contribution in [0.4, 0.5) is 0 Å². The highest BCUT2D eigenvalue weighted by Gasteiger charge is 2.14. The van der Waals surface area contributed by atoms with Gasteiger partial charge in [-0.3, -0.25) is 9.59 Å². The third-order valence-electron chi connectivity index (χ3n) is 11.4. The molecule has 0 aliphatic carbocycles. The predicted molar refractivity (Wildman–Crippen MR) is 242 cm³/mol. The molecular formula is C49H94N2O7. The lowest BCUT2D eigenvalue weighted by Crippen LogP contribution is -2.34. The number of aliphatic carboxylic acids is 1. The van der Waals surface area contributed by atoms with Crippen molar-refractivity contribution in [2.75, 3.05) is 59.1 Å². The molecule has 9 nitrogen and oxygen atoms in total.